The molecule has 1 unspecified atom stereocenters. The first-order valence-electron chi connectivity index (χ1n) is 7.16. The van der Waals surface area contributed by atoms with E-state index in [0.29, 0.717) is 5.91 Å². The highest BCUT2D eigenvalue weighted by Gasteiger charge is 2.18. The average molecular weight is 242 g/mol. The summed E-state index contributed by atoms with van der Waals surface area (Å²) in [5.74, 6) is 0.413. The third kappa shape index (κ3) is 7.37. The summed E-state index contributed by atoms with van der Waals surface area (Å²) in [5, 5.41) is 3.25. The molecule has 0 aliphatic heterocycles. The van der Waals surface area contributed by atoms with Crippen LogP contribution in [-0.2, 0) is 4.79 Å². The maximum Gasteiger partial charge on any atom is 0.226 e. The normalized spacial score (nSPS) is 12.5. The van der Waals surface area contributed by atoms with Crippen LogP contribution in [0.4, 0.5) is 0 Å². The number of rotatable bonds is 10. The molecule has 17 heavy (non-hydrogen) atoms. The number of carbonyl (C=O) groups is 1. The monoisotopic (exact) mass is 242 g/mol. The second kappa shape index (κ2) is 10.6. The second-order valence-electron chi connectivity index (χ2n) is 4.74. The minimum absolute atomic E-state index is 0.101. The van der Waals surface area contributed by atoms with E-state index in [1.54, 1.807) is 0 Å². The van der Waals surface area contributed by atoms with Crippen LogP contribution in [0.5, 0.6) is 0 Å². The van der Waals surface area contributed by atoms with Gasteiger partial charge >= 0.3 is 0 Å². The highest BCUT2D eigenvalue weighted by molar-refractivity contribution is 5.78. The fraction of sp³-hybridized carbons (Fsp3) is 0.929. The largest absolute Gasteiger partial charge is 0.342 e. The molecule has 0 saturated heterocycles. The Labute approximate surface area is 107 Å². The first-order valence-corrected chi connectivity index (χ1v) is 7.16. The number of hydrogen-bond donors (Lipinski definition) is 1. The zero-order chi connectivity index (χ0) is 13.1. The summed E-state index contributed by atoms with van der Waals surface area (Å²) < 4.78 is 0. The van der Waals surface area contributed by atoms with Gasteiger partial charge in [0.2, 0.25) is 5.91 Å². The van der Waals surface area contributed by atoms with Gasteiger partial charge in [0.05, 0.1) is 0 Å². The quantitative estimate of drug-likeness (QED) is 0.639. The van der Waals surface area contributed by atoms with Gasteiger partial charge in [0, 0.05) is 25.6 Å². The summed E-state index contributed by atoms with van der Waals surface area (Å²) in [4.78, 5) is 14.3. The molecule has 3 heteroatoms. The van der Waals surface area contributed by atoms with E-state index in [1.807, 2.05) is 6.92 Å². The lowest BCUT2D eigenvalue weighted by atomic mass is 10.1. The maximum atomic E-state index is 12.2. The van der Waals surface area contributed by atoms with Crippen LogP contribution < -0.4 is 5.32 Å². The Balaban J connectivity index is 4.18. The molecule has 1 N–H and O–H groups in total. The molecular weight excluding hydrogens is 212 g/mol. The van der Waals surface area contributed by atoms with Crippen molar-refractivity contribution >= 4 is 5.91 Å². The minimum atomic E-state index is 0.101. The topological polar surface area (TPSA) is 32.3 Å². The molecule has 0 fully saturated rings. The molecule has 0 aromatic carbocycles. The fourth-order valence-electron chi connectivity index (χ4n) is 1.79. The molecule has 102 valence electrons. The summed E-state index contributed by atoms with van der Waals surface area (Å²) in [6.07, 6.45) is 4.53. The molecular formula is C14H30N2O. The Morgan fingerprint density at radius 3 is 2.06 bits per heavy atom. The first-order chi connectivity index (χ1) is 8.17. The van der Waals surface area contributed by atoms with Crippen LogP contribution in [0.25, 0.3) is 0 Å². The van der Waals surface area contributed by atoms with Crippen molar-refractivity contribution in [2.24, 2.45) is 5.92 Å². The van der Waals surface area contributed by atoms with E-state index < -0.39 is 0 Å². The SMILES string of the molecule is CCCCN(CCCC)C(=O)C(C)CNCC. The van der Waals surface area contributed by atoms with Gasteiger partial charge in [-0.1, -0.05) is 40.5 Å². The van der Waals surface area contributed by atoms with Gasteiger partial charge in [-0.25, -0.2) is 0 Å². The van der Waals surface area contributed by atoms with Gasteiger partial charge in [-0.05, 0) is 19.4 Å². The van der Waals surface area contributed by atoms with Crippen LogP contribution in [0.2, 0.25) is 0 Å². The Bertz CT molecular complexity index is 187. The van der Waals surface area contributed by atoms with Crippen molar-refractivity contribution < 1.29 is 4.79 Å². The molecule has 0 aromatic rings. The summed E-state index contributed by atoms with van der Waals surface area (Å²) in [7, 11) is 0. The molecule has 0 rings (SSSR count). The Morgan fingerprint density at radius 1 is 1.12 bits per heavy atom. The summed E-state index contributed by atoms with van der Waals surface area (Å²) in [5.41, 5.74) is 0. The number of carbonyl (C=O) groups excluding carboxylic acids is 1. The van der Waals surface area contributed by atoms with Crippen LogP contribution >= 0.6 is 0 Å². The smallest absolute Gasteiger partial charge is 0.226 e. The lowest BCUT2D eigenvalue weighted by Gasteiger charge is -2.25. The molecule has 0 aliphatic carbocycles. The fourth-order valence-corrected chi connectivity index (χ4v) is 1.79. The minimum Gasteiger partial charge on any atom is -0.342 e. The molecule has 1 amide bonds. The van der Waals surface area contributed by atoms with E-state index in [4.69, 9.17) is 0 Å². The van der Waals surface area contributed by atoms with Crippen molar-refractivity contribution in [3.8, 4) is 0 Å². The van der Waals surface area contributed by atoms with Gasteiger partial charge in [0.25, 0.3) is 0 Å². The molecule has 0 heterocycles. The zero-order valence-electron chi connectivity index (χ0n) is 12.1. The number of nitrogens with one attached hydrogen (secondary N) is 1. The molecule has 0 bridgehead atoms. The van der Waals surface area contributed by atoms with Crippen LogP contribution in [0.3, 0.4) is 0 Å². The van der Waals surface area contributed by atoms with Crippen molar-refractivity contribution in [1.29, 1.82) is 0 Å². The first kappa shape index (κ1) is 16.4. The van der Waals surface area contributed by atoms with Gasteiger partial charge < -0.3 is 10.2 Å². The number of amides is 1. The van der Waals surface area contributed by atoms with Crippen LogP contribution in [-0.4, -0.2) is 37.0 Å². The van der Waals surface area contributed by atoms with Crippen molar-refractivity contribution in [2.45, 2.75) is 53.4 Å². The average Bonchev–Trinajstić information content (AvgIpc) is 2.35. The lowest BCUT2D eigenvalue weighted by molar-refractivity contribution is -0.135. The van der Waals surface area contributed by atoms with E-state index >= 15 is 0 Å². The van der Waals surface area contributed by atoms with Crippen LogP contribution in [0.15, 0.2) is 0 Å². The predicted octanol–water partition coefficient (Wildman–Crippen LogP) is 2.66. The molecule has 0 aromatic heterocycles. The predicted molar refractivity (Wildman–Crippen MR) is 74.1 cm³/mol. The lowest BCUT2D eigenvalue weighted by Crippen LogP contribution is -2.40. The molecule has 3 nitrogen and oxygen atoms in total. The number of hydrogen-bond acceptors (Lipinski definition) is 2. The zero-order valence-corrected chi connectivity index (χ0v) is 12.1. The van der Waals surface area contributed by atoms with Crippen LogP contribution in [0.1, 0.15) is 53.4 Å². The highest BCUT2D eigenvalue weighted by atomic mass is 16.2. The Morgan fingerprint density at radius 2 is 1.65 bits per heavy atom. The molecule has 0 spiro atoms. The summed E-state index contributed by atoms with van der Waals surface area (Å²) >= 11 is 0. The van der Waals surface area contributed by atoms with Crippen molar-refractivity contribution in [1.82, 2.24) is 10.2 Å². The Hall–Kier alpha value is -0.570. The van der Waals surface area contributed by atoms with Gasteiger partial charge in [-0.3, -0.25) is 4.79 Å². The third-order valence-electron chi connectivity index (χ3n) is 3.00. The van der Waals surface area contributed by atoms with Gasteiger partial charge in [-0.15, -0.1) is 0 Å². The molecule has 0 aliphatic rings. The van der Waals surface area contributed by atoms with Crippen molar-refractivity contribution in [3.05, 3.63) is 0 Å². The number of nitrogens with zero attached hydrogens (tertiary/aromatic N) is 1. The van der Waals surface area contributed by atoms with Crippen molar-refractivity contribution in [2.75, 3.05) is 26.2 Å². The molecule has 0 saturated carbocycles. The summed E-state index contributed by atoms with van der Waals surface area (Å²) in [6, 6.07) is 0. The maximum absolute atomic E-state index is 12.2. The highest BCUT2D eigenvalue weighted by Crippen LogP contribution is 2.06. The van der Waals surface area contributed by atoms with E-state index in [-0.39, 0.29) is 5.92 Å². The third-order valence-corrected chi connectivity index (χ3v) is 3.00. The number of unbranched alkanes of at least 4 members (excludes halogenated alkanes) is 2. The second-order valence-corrected chi connectivity index (χ2v) is 4.74. The van der Waals surface area contributed by atoms with Gasteiger partial charge in [0.1, 0.15) is 0 Å². The van der Waals surface area contributed by atoms with Crippen LogP contribution in [0, 0.1) is 5.92 Å². The van der Waals surface area contributed by atoms with E-state index in [0.717, 1.165) is 51.9 Å². The molecule has 1 atom stereocenters. The summed E-state index contributed by atoms with van der Waals surface area (Å²) in [6.45, 7) is 12.0. The van der Waals surface area contributed by atoms with E-state index in [9.17, 15) is 4.79 Å². The van der Waals surface area contributed by atoms with Crippen molar-refractivity contribution in [3.63, 3.8) is 0 Å². The van der Waals surface area contributed by atoms with E-state index in [1.165, 1.54) is 0 Å². The standard InChI is InChI=1S/C14H30N2O/c1-5-8-10-16(11-9-6-2)14(17)13(4)12-15-7-3/h13,15H,5-12H2,1-4H3. The van der Waals surface area contributed by atoms with E-state index in [2.05, 4.69) is 31.0 Å². The Kier molecular flexibility index (Phi) is 10.2. The van der Waals surface area contributed by atoms with Gasteiger partial charge in [-0.2, -0.15) is 0 Å². The molecule has 0 radical (unpaired) electrons. The van der Waals surface area contributed by atoms with Gasteiger partial charge in [0.15, 0.2) is 0 Å².